The number of rotatable bonds is 0. The average Bonchev–Trinajstić information content (AvgIpc) is 1.90. The van der Waals surface area contributed by atoms with E-state index in [1.54, 1.807) is 4.90 Å². The number of likely N-dealkylation sites (tertiary alicyclic amines) is 1. The molecule has 0 aromatic heterocycles. The van der Waals surface area contributed by atoms with Crippen LogP contribution in [0.1, 0.15) is 19.3 Å². The summed E-state index contributed by atoms with van der Waals surface area (Å²) in [6.07, 6.45) is 3.36. The Balaban J connectivity index is 0.000000810. The maximum absolute atomic E-state index is 10.4. The van der Waals surface area contributed by atoms with E-state index in [4.69, 9.17) is 5.73 Å². The zero-order valence-corrected chi connectivity index (χ0v) is 9.51. The summed E-state index contributed by atoms with van der Waals surface area (Å²) in [6.45, 7) is 1.59. The fourth-order valence-electron chi connectivity index (χ4n) is 1.10. The minimum atomic E-state index is -0.519. The van der Waals surface area contributed by atoms with Crippen molar-refractivity contribution in [3.63, 3.8) is 0 Å². The Morgan fingerprint density at radius 2 is 1.70 bits per heavy atom. The summed E-state index contributed by atoms with van der Waals surface area (Å²) in [6, 6.07) is -0.519. The van der Waals surface area contributed by atoms with Crippen molar-refractivity contribution < 1.29 is 56.2 Å². The summed E-state index contributed by atoms with van der Waals surface area (Å²) >= 11 is 0. The minimum Gasteiger partial charge on any atom is -0.447 e. The first-order chi connectivity index (χ1) is 4.30. The van der Waals surface area contributed by atoms with Crippen molar-refractivity contribution in [2.45, 2.75) is 19.3 Å². The number of piperidine rings is 1. The fourth-order valence-corrected chi connectivity index (χ4v) is 1.10. The average molecular weight is 166 g/mol. The number of carbonyl (C=O) groups is 1. The topological polar surface area (TPSA) is 44.1 Å². The van der Waals surface area contributed by atoms with Crippen molar-refractivity contribution in [3.8, 4) is 0 Å². The van der Waals surface area contributed by atoms with Crippen molar-refractivity contribution in [2.75, 3.05) is 13.1 Å². The van der Waals surface area contributed by atoms with Gasteiger partial charge < -0.3 is 10.6 Å². The first kappa shape index (κ1) is 10.9. The molecule has 0 radical (unpaired) electrons. The molecule has 4 heteroatoms. The van der Waals surface area contributed by atoms with Crippen molar-refractivity contribution in [3.05, 3.63) is 5.73 Å². The Kier molecular flexibility index (Phi) is 6.05. The summed E-state index contributed by atoms with van der Waals surface area (Å²) in [5, 5.41) is 0. The maximum Gasteiger partial charge on any atom is 1.00 e. The van der Waals surface area contributed by atoms with Crippen molar-refractivity contribution in [1.82, 2.24) is 4.90 Å². The third-order valence-electron chi connectivity index (χ3n) is 1.64. The van der Waals surface area contributed by atoms with Crippen molar-refractivity contribution in [2.24, 2.45) is 0 Å². The minimum absolute atomic E-state index is 0. The van der Waals surface area contributed by atoms with Crippen molar-refractivity contribution in [1.29, 1.82) is 0 Å². The van der Waals surface area contributed by atoms with Crippen molar-refractivity contribution >= 4 is 6.03 Å². The number of hydrogen-bond acceptors (Lipinski definition) is 1. The molecule has 1 N–H and O–H groups in total. The van der Waals surface area contributed by atoms with Crippen LogP contribution in [0.15, 0.2) is 0 Å². The monoisotopic (exact) mass is 166 g/mol. The van der Waals surface area contributed by atoms with Crippen LogP contribution in [-0.2, 0) is 0 Å². The molecule has 1 heterocycles. The van der Waals surface area contributed by atoms with Crippen LogP contribution in [0.5, 0.6) is 0 Å². The van der Waals surface area contributed by atoms with E-state index < -0.39 is 6.03 Å². The molecule has 1 aliphatic rings. The van der Waals surface area contributed by atoms with Gasteiger partial charge in [-0.3, -0.25) is 4.79 Å². The molecular weight excluding hydrogens is 155 g/mol. The summed E-state index contributed by atoms with van der Waals surface area (Å²) in [4.78, 5) is 12.0. The van der Waals surface area contributed by atoms with Gasteiger partial charge >= 0.3 is 51.4 Å². The first-order valence-electron chi connectivity index (χ1n) is 3.31. The fraction of sp³-hybridized carbons (Fsp3) is 0.833. The van der Waals surface area contributed by atoms with Gasteiger partial charge in [0.2, 0.25) is 0 Å². The molecule has 10 heavy (non-hydrogen) atoms. The van der Waals surface area contributed by atoms with Crippen LogP contribution in [0.4, 0.5) is 4.79 Å². The molecule has 0 bridgehead atoms. The zero-order chi connectivity index (χ0) is 6.69. The zero-order valence-electron chi connectivity index (χ0n) is 6.39. The molecule has 0 aliphatic carbocycles. The summed E-state index contributed by atoms with van der Waals surface area (Å²) in [5.41, 5.74) is 6.76. The van der Waals surface area contributed by atoms with Gasteiger partial charge in [0, 0.05) is 0 Å². The van der Waals surface area contributed by atoms with Crippen LogP contribution in [0.2, 0.25) is 0 Å². The molecule has 0 aromatic carbocycles. The number of urea groups is 1. The Morgan fingerprint density at radius 3 is 2.00 bits per heavy atom. The molecule has 1 rings (SSSR count). The Bertz CT molecular complexity index is 112. The van der Waals surface area contributed by atoms with E-state index in [0.717, 1.165) is 25.9 Å². The van der Waals surface area contributed by atoms with E-state index in [1.165, 1.54) is 6.42 Å². The molecule has 0 unspecified atom stereocenters. The molecule has 2 amide bonds. The molecule has 0 saturated carbocycles. The first-order valence-corrected chi connectivity index (χ1v) is 3.31. The van der Waals surface area contributed by atoms with Crippen LogP contribution in [0.25, 0.3) is 5.73 Å². The third kappa shape index (κ3) is 3.34. The summed E-state index contributed by atoms with van der Waals surface area (Å²) in [5.74, 6) is 0. The predicted molar refractivity (Wildman–Crippen MR) is 35.1 cm³/mol. The molecule has 1 fully saturated rings. The number of hydrogen-bond donors (Lipinski definition) is 0. The molecule has 1 saturated heterocycles. The van der Waals surface area contributed by atoms with Gasteiger partial charge in [-0.15, -0.1) is 0 Å². The van der Waals surface area contributed by atoms with E-state index >= 15 is 0 Å². The largest absolute Gasteiger partial charge is 1.00 e. The van der Waals surface area contributed by atoms with Gasteiger partial charge in [0.1, 0.15) is 0 Å². The Morgan fingerprint density at radius 1 is 1.20 bits per heavy atom. The number of nitrogens with one attached hydrogen (secondary N) is 1. The van der Waals surface area contributed by atoms with Crippen LogP contribution < -0.4 is 51.4 Å². The van der Waals surface area contributed by atoms with Gasteiger partial charge in [0.15, 0.2) is 6.03 Å². The number of nitrogens with zero attached hydrogens (tertiary/aromatic N) is 1. The summed E-state index contributed by atoms with van der Waals surface area (Å²) in [7, 11) is 0. The van der Waals surface area contributed by atoms with Gasteiger partial charge in [-0.25, -0.2) is 0 Å². The second-order valence-electron chi connectivity index (χ2n) is 2.35. The SMILES string of the molecule is [K+].[NH-]C(=O)N1CCCCC1. The van der Waals surface area contributed by atoms with Crippen LogP contribution in [0, 0.1) is 0 Å². The summed E-state index contributed by atoms with van der Waals surface area (Å²) < 4.78 is 0. The quantitative estimate of drug-likeness (QED) is 0.410. The van der Waals surface area contributed by atoms with E-state index in [1.807, 2.05) is 0 Å². The predicted octanol–water partition coefficient (Wildman–Crippen LogP) is -1.35. The Labute approximate surface area is 104 Å². The second kappa shape index (κ2) is 5.54. The molecule has 3 nitrogen and oxygen atoms in total. The van der Waals surface area contributed by atoms with Crippen LogP contribution >= 0.6 is 0 Å². The van der Waals surface area contributed by atoms with E-state index in [2.05, 4.69) is 0 Å². The maximum atomic E-state index is 10.4. The van der Waals surface area contributed by atoms with Gasteiger partial charge in [-0.05, 0) is 13.1 Å². The van der Waals surface area contributed by atoms with Gasteiger partial charge in [0.25, 0.3) is 0 Å². The standard InChI is InChI=1S/C6H12N2O.K/c7-6(9)8-4-2-1-3-5-8;/h1-5H2,(H2,7,9);/q;+1/p-1. The third-order valence-corrected chi connectivity index (χ3v) is 1.64. The van der Waals surface area contributed by atoms with E-state index in [-0.39, 0.29) is 51.4 Å². The molecule has 0 aromatic rings. The smallest absolute Gasteiger partial charge is 0.447 e. The van der Waals surface area contributed by atoms with Gasteiger partial charge in [-0.2, -0.15) is 0 Å². The molecule has 52 valence electrons. The van der Waals surface area contributed by atoms with Crippen LogP contribution in [0.3, 0.4) is 0 Å². The molecule has 0 atom stereocenters. The van der Waals surface area contributed by atoms with Gasteiger partial charge in [-0.1, -0.05) is 19.3 Å². The molecular formula is C6H11KN2O. The van der Waals surface area contributed by atoms with E-state index in [0.29, 0.717) is 0 Å². The van der Waals surface area contributed by atoms with Gasteiger partial charge in [0.05, 0.1) is 0 Å². The number of carbonyl (C=O) groups excluding carboxylic acids is 1. The molecule has 0 spiro atoms. The normalized spacial score (nSPS) is 17.8. The molecule has 1 aliphatic heterocycles. The Hall–Kier alpha value is 0.906. The van der Waals surface area contributed by atoms with Crippen LogP contribution in [-0.4, -0.2) is 24.0 Å². The second-order valence-corrected chi connectivity index (χ2v) is 2.35. The van der Waals surface area contributed by atoms with E-state index in [9.17, 15) is 4.79 Å². The number of amides is 2.